The van der Waals surface area contributed by atoms with Crippen molar-refractivity contribution in [1.29, 1.82) is 0 Å². The number of aliphatic imine (C=N–C) groups is 1. The third-order valence-corrected chi connectivity index (χ3v) is 1.86. The van der Waals surface area contributed by atoms with Crippen LogP contribution in [-0.4, -0.2) is 12.8 Å². The standard InChI is InChI=1S/C12H21N/c1-5-7-9-13-10-12(8-6-2)11(3)4/h6,8,10-11H,2,5,7,9H2,1,3-4H3/b12-8+,13-10?. The summed E-state index contributed by atoms with van der Waals surface area (Å²) in [5.74, 6) is 0.531. The fraction of sp³-hybridized carbons (Fsp3) is 0.583. The first kappa shape index (κ1) is 12.2. The highest BCUT2D eigenvalue weighted by atomic mass is 14.7. The molecule has 0 amide bonds. The highest BCUT2D eigenvalue weighted by molar-refractivity contribution is 5.79. The van der Waals surface area contributed by atoms with E-state index >= 15 is 0 Å². The van der Waals surface area contributed by atoms with Crippen molar-refractivity contribution in [1.82, 2.24) is 0 Å². The van der Waals surface area contributed by atoms with E-state index in [4.69, 9.17) is 0 Å². The van der Waals surface area contributed by atoms with Gasteiger partial charge in [-0.25, -0.2) is 0 Å². The second-order valence-electron chi connectivity index (χ2n) is 3.45. The lowest BCUT2D eigenvalue weighted by molar-refractivity contribution is 0.792. The molecule has 0 fully saturated rings. The Labute approximate surface area is 82.3 Å². The Morgan fingerprint density at radius 1 is 1.46 bits per heavy atom. The number of rotatable bonds is 6. The van der Waals surface area contributed by atoms with Crippen LogP contribution in [-0.2, 0) is 0 Å². The Morgan fingerprint density at radius 3 is 2.62 bits per heavy atom. The van der Waals surface area contributed by atoms with Crippen LogP contribution in [0.1, 0.15) is 33.6 Å². The van der Waals surface area contributed by atoms with Crippen molar-refractivity contribution in [2.45, 2.75) is 33.6 Å². The monoisotopic (exact) mass is 179 g/mol. The molecule has 0 atom stereocenters. The molecule has 0 spiro atoms. The van der Waals surface area contributed by atoms with Gasteiger partial charge in [0.25, 0.3) is 0 Å². The molecule has 0 aromatic heterocycles. The van der Waals surface area contributed by atoms with E-state index in [2.05, 4.69) is 32.3 Å². The molecule has 0 aromatic carbocycles. The quantitative estimate of drug-likeness (QED) is 0.335. The molecule has 0 rings (SSSR count). The summed E-state index contributed by atoms with van der Waals surface area (Å²) in [5.41, 5.74) is 1.26. The third kappa shape index (κ3) is 6.32. The molecule has 0 bridgehead atoms. The van der Waals surface area contributed by atoms with E-state index < -0.39 is 0 Å². The van der Waals surface area contributed by atoms with Crippen LogP contribution in [0.4, 0.5) is 0 Å². The molecule has 0 saturated heterocycles. The summed E-state index contributed by atoms with van der Waals surface area (Å²) >= 11 is 0. The Morgan fingerprint density at radius 2 is 2.15 bits per heavy atom. The fourth-order valence-corrected chi connectivity index (χ4v) is 0.940. The van der Waals surface area contributed by atoms with Gasteiger partial charge in [-0.3, -0.25) is 4.99 Å². The highest BCUT2D eigenvalue weighted by Gasteiger charge is 1.97. The van der Waals surface area contributed by atoms with Crippen molar-refractivity contribution in [3.05, 3.63) is 24.3 Å². The number of unbranched alkanes of at least 4 members (excludes halogenated alkanes) is 1. The fourth-order valence-electron chi connectivity index (χ4n) is 0.940. The van der Waals surface area contributed by atoms with Crippen molar-refractivity contribution in [2.75, 3.05) is 6.54 Å². The summed E-state index contributed by atoms with van der Waals surface area (Å²) < 4.78 is 0. The van der Waals surface area contributed by atoms with Gasteiger partial charge >= 0.3 is 0 Å². The van der Waals surface area contributed by atoms with Crippen LogP contribution in [0.2, 0.25) is 0 Å². The van der Waals surface area contributed by atoms with Gasteiger partial charge in [0.05, 0.1) is 0 Å². The average Bonchev–Trinajstić information content (AvgIpc) is 2.10. The van der Waals surface area contributed by atoms with Gasteiger partial charge in [0, 0.05) is 12.8 Å². The first-order chi connectivity index (χ1) is 6.22. The Kier molecular flexibility index (Phi) is 7.27. The van der Waals surface area contributed by atoms with Crippen LogP contribution in [0, 0.1) is 5.92 Å². The van der Waals surface area contributed by atoms with E-state index in [9.17, 15) is 0 Å². The van der Waals surface area contributed by atoms with Gasteiger partial charge < -0.3 is 0 Å². The topological polar surface area (TPSA) is 12.4 Å². The van der Waals surface area contributed by atoms with E-state index in [1.54, 1.807) is 0 Å². The Bertz CT molecular complexity index is 187. The van der Waals surface area contributed by atoms with Crippen molar-refractivity contribution in [3.63, 3.8) is 0 Å². The van der Waals surface area contributed by atoms with Crippen molar-refractivity contribution in [3.8, 4) is 0 Å². The lowest BCUT2D eigenvalue weighted by atomic mass is 10.0. The van der Waals surface area contributed by atoms with Crippen molar-refractivity contribution in [2.24, 2.45) is 10.9 Å². The first-order valence-corrected chi connectivity index (χ1v) is 5.04. The predicted molar refractivity (Wildman–Crippen MR) is 61.4 cm³/mol. The van der Waals surface area contributed by atoms with Gasteiger partial charge in [-0.1, -0.05) is 45.9 Å². The maximum absolute atomic E-state index is 4.36. The third-order valence-electron chi connectivity index (χ3n) is 1.86. The van der Waals surface area contributed by atoms with Gasteiger partial charge in [-0.2, -0.15) is 0 Å². The van der Waals surface area contributed by atoms with E-state index in [-0.39, 0.29) is 0 Å². The summed E-state index contributed by atoms with van der Waals surface area (Å²) in [7, 11) is 0. The minimum Gasteiger partial charge on any atom is -0.293 e. The molecule has 74 valence electrons. The second-order valence-corrected chi connectivity index (χ2v) is 3.45. The maximum Gasteiger partial charge on any atom is 0.0389 e. The van der Waals surface area contributed by atoms with Gasteiger partial charge in [0.2, 0.25) is 0 Å². The molecule has 0 radical (unpaired) electrons. The normalized spacial score (nSPS) is 12.8. The lowest BCUT2D eigenvalue weighted by Crippen LogP contribution is -1.95. The summed E-state index contributed by atoms with van der Waals surface area (Å²) in [6.45, 7) is 11.1. The van der Waals surface area contributed by atoms with E-state index in [1.165, 1.54) is 18.4 Å². The Hall–Kier alpha value is -0.850. The largest absolute Gasteiger partial charge is 0.293 e. The summed E-state index contributed by atoms with van der Waals surface area (Å²) in [5, 5.41) is 0. The molecule has 0 heterocycles. The van der Waals surface area contributed by atoms with Crippen molar-refractivity contribution >= 4 is 6.21 Å². The minimum atomic E-state index is 0.531. The van der Waals surface area contributed by atoms with Crippen LogP contribution >= 0.6 is 0 Å². The first-order valence-electron chi connectivity index (χ1n) is 5.04. The van der Waals surface area contributed by atoms with Crippen LogP contribution in [0.3, 0.4) is 0 Å². The Balaban J connectivity index is 4.02. The lowest BCUT2D eigenvalue weighted by Gasteiger charge is -2.03. The molecule has 0 saturated carbocycles. The van der Waals surface area contributed by atoms with Crippen molar-refractivity contribution < 1.29 is 0 Å². The van der Waals surface area contributed by atoms with Gasteiger partial charge in [-0.15, -0.1) is 0 Å². The molecular formula is C12H21N. The zero-order valence-electron chi connectivity index (χ0n) is 9.09. The van der Waals surface area contributed by atoms with Crippen LogP contribution in [0.5, 0.6) is 0 Å². The average molecular weight is 179 g/mol. The van der Waals surface area contributed by atoms with Gasteiger partial charge in [0.1, 0.15) is 0 Å². The van der Waals surface area contributed by atoms with E-state index in [0.717, 1.165) is 6.54 Å². The summed E-state index contributed by atoms with van der Waals surface area (Å²) in [6, 6.07) is 0. The van der Waals surface area contributed by atoms with Crippen LogP contribution in [0.25, 0.3) is 0 Å². The molecule has 1 heteroatoms. The number of allylic oxidation sites excluding steroid dienone is 3. The second kappa shape index (κ2) is 7.78. The number of nitrogens with zero attached hydrogens (tertiary/aromatic N) is 1. The summed E-state index contributed by atoms with van der Waals surface area (Å²) in [4.78, 5) is 4.36. The molecule has 0 N–H and O–H groups in total. The maximum atomic E-state index is 4.36. The molecule has 0 aliphatic heterocycles. The molecule has 1 nitrogen and oxygen atoms in total. The molecule has 0 aliphatic rings. The minimum absolute atomic E-state index is 0.531. The SMILES string of the molecule is C=C/C=C(\C=NCCCC)C(C)C. The highest BCUT2D eigenvalue weighted by Crippen LogP contribution is 2.06. The van der Waals surface area contributed by atoms with Crippen LogP contribution in [0.15, 0.2) is 29.3 Å². The predicted octanol–water partition coefficient (Wildman–Crippen LogP) is 3.63. The molecule has 13 heavy (non-hydrogen) atoms. The van der Waals surface area contributed by atoms with Crippen LogP contribution < -0.4 is 0 Å². The number of hydrogen-bond acceptors (Lipinski definition) is 1. The number of hydrogen-bond donors (Lipinski definition) is 0. The zero-order valence-corrected chi connectivity index (χ0v) is 9.09. The van der Waals surface area contributed by atoms with Gasteiger partial charge in [-0.05, 0) is 17.9 Å². The van der Waals surface area contributed by atoms with E-state index in [0.29, 0.717) is 5.92 Å². The van der Waals surface area contributed by atoms with Gasteiger partial charge in [0.15, 0.2) is 0 Å². The molecule has 0 unspecified atom stereocenters. The molecule has 0 aliphatic carbocycles. The smallest absolute Gasteiger partial charge is 0.0389 e. The molecule has 0 aromatic rings. The molecular weight excluding hydrogens is 158 g/mol. The summed E-state index contributed by atoms with van der Waals surface area (Å²) in [6.07, 6.45) is 8.21. The zero-order chi connectivity index (χ0) is 10.1. The van der Waals surface area contributed by atoms with E-state index in [1.807, 2.05) is 18.4 Å².